The summed E-state index contributed by atoms with van der Waals surface area (Å²) in [5.74, 6) is 0.658. The van der Waals surface area contributed by atoms with Gasteiger partial charge in [0.15, 0.2) is 0 Å². The Labute approximate surface area is 80.9 Å². The van der Waals surface area contributed by atoms with Gasteiger partial charge in [-0.25, -0.2) is 0 Å². The van der Waals surface area contributed by atoms with Crippen molar-refractivity contribution in [3.63, 3.8) is 0 Å². The number of hydrogen-bond donors (Lipinski definition) is 1. The van der Waals surface area contributed by atoms with Crippen molar-refractivity contribution in [2.24, 2.45) is 5.92 Å². The van der Waals surface area contributed by atoms with Crippen molar-refractivity contribution in [1.82, 2.24) is 15.4 Å². The number of aryl methyl sites for hydroxylation is 1. The summed E-state index contributed by atoms with van der Waals surface area (Å²) in [5, 5.41) is 10.8. The molecule has 13 heavy (non-hydrogen) atoms. The summed E-state index contributed by atoms with van der Waals surface area (Å²) in [6, 6.07) is 0. The summed E-state index contributed by atoms with van der Waals surface area (Å²) >= 11 is 0. The third-order valence-electron chi connectivity index (χ3n) is 1.64. The van der Waals surface area contributed by atoms with Crippen LogP contribution in [0.25, 0.3) is 0 Å². The van der Waals surface area contributed by atoms with Gasteiger partial charge in [-0.3, -0.25) is 0 Å². The quantitative estimate of drug-likeness (QED) is 0.782. The lowest BCUT2D eigenvalue weighted by molar-refractivity contribution is 0.630. The van der Waals surface area contributed by atoms with Crippen LogP contribution in [-0.2, 0) is 12.8 Å². The number of nitrogens with one attached hydrogen (secondary N) is 1. The van der Waals surface area contributed by atoms with Crippen molar-refractivity contribution in [1.29, 1.82) is 0 Å². The molecule has 1 rings (SSSR count). The molecule has 0 aliphatic rings. The van der Waals surface area contributed by atoms with Crippen LogP contribution < -0.4 is 0 Å². The van der Waals surface area contributed by atoms with Crippen LogP contribution in [0.15, 0.2) is 0 Å². The molecule has 1 aromatic rings. The predicted molar refractivity (Wildman–Crippen MR) is 55.7 cm³/mol. The molecule has 0 unspecified atom stereocenters. The minimum atomic E-state index is 0.658. The lowest BCUT2D eigenvalue weighted by atomic mass is 10.1. The van der Waals surface area contributed by atoms with Crippen LogP contribution in [0.1, 0.15) is 46.0 Å². The van der Waals surface area contributed by atoms with Crippen molar-refractivity contribution in [2.45, 2.75) is 47.5 Å². The van der Waals surface area contributed by atoms with E-state index in [1.165, 1.54) is 0 Å². The molecule has 76 valence electrons. The van der Waals surface area contributed by atoms with Crippen molar-refractivity contribution < 1.29 is 0 Å². The van der Waals surface area contributed by atoms with E-state index in [2.05, 4.69) is 36.2 Å². The van der Waals surface area contributed by atoms with Crippen molar-refractivity contribution in [3.8, 4) is 0 Å². The predicted octanol–water partition coefficient (Wildman–Crippen LogP) is 2.59. The van der Waals surface area contributed by atoms with E-state index in [-0.39, 0.29) is 0 Å². The summed E-state index contributed by atoms with van der Waals surface area (Å²) < 4.78 is 0. The third kappa shape index (κ3) is 4.06. The molecule has 3 nitrogen and oxygen atoms in total. The Morgan fingerprint density at radius 2 is 1.69 bits per heavy atom. The lowest BCUT2D eigenvalue weighted by Crippen LogP contribution is -1.97. The van der Waals surface area contributed by atoms with Crippen LogP contribution in [0.2, 0.25) is 0 Å². The van der Waals surface area contributed by atoms with Crippen LogP contribution in [0.3, 0.4) is 0 Å². The molecule has 0 bridgehead atoms. The van der Waals surface area contributed by atoms with Gasteiger partial charge in [-0.2, -0.15) is 15.4 Å². The first-order chi connectivity index (χ1) is 6.24. The van der Waals surface area contributed by atoms with Crippen LogP contribution in [0.5, 0.6) is 0 Å². The molecule has 0 saturated heterocycles. The molecule has 0 aliphatic carbocycles. The maximum absolute atomic E-state index is 4.09. The molecule has 0 spiro atoms. The van der Waals surface area contributed by atoms with Gasteiger partial charge < -0.3 is 0 Å². The minimum absolute atomic E-state index is 0.658. The van der Waals surface area contributed by atoms with Gasteiger partial charge in [-0.15, -0.1) is 0 Å². The highest BCUT2D eigenvalue weighted by Crippen LogP contribution is 2.08. The zero-order valence-electron chi connectivity index (χ0n) is 9.39. The number of aromatic amines is 1. The topological polar surface area (TPSA) is 41.6 Å². The fourth-order valence-corrected chi connectivity index (χ4v) is 1.11. The van der Waals surface area contributed by atoms with Gasteiger partial charge in [0.05, 0.1) is 11.4 Å². The Morgan fingerprint density at radius 1 is 1.15 bits per heavy atom. The van der Waals surface area contributed by atoms with Crippen LogP contribution in [0.4, 0.5) is 0 Å². The maximum Gasteiger partial charge on any atom is 0.0859 e. The molecule has 0 amide bonds. The Balaban J connectivity index is 0.000000671. The van der Waals surface area contributed by atoms with Gasteiger partial charge in [-0.05, 0) is 18.8 Å². The fraction of sp³-hybridized carbons (Fsp3) is 0.800. The largest absolute Gasteiger partial charge is 0.197 e. The van der Waals surface area contributed by atoms with Gasteiger partial charge in [0.25, 0.3) is 0 Å². The average Bonchev–Trinajstić information content (AvgIpc) is 2.54. The highest BCUT2D eigenvalue weighted by molar-refractivity contribution is 5.08. The number of H-pyrrole nitrogens is 1. The lowest BCUT2D eigenvalue weighted by Gasteiger charge is -2.00. The van der Waals surface area contributed by atoms with E-state index < -0.39 is 0 Å². The van der Waals surface area contributed by atoms with Crippen LogP contribution in [0, 0.1) is 5.92 Å². The molecule has 0 fully saturated rings. The fourth-order valence-electron chi connectivity index (χ4n) is 1.11. The highest BCUT2D eigenvalue weighted by Gasteiger charge is 2.06. The molecular weight excluding hydrogens is 162 g/mol. The zero-order valence-corrected chi connectivity index (χ0v) is 9.39. The van der Waals surface area contributed by atoms with Crippen LogP contribution in [-0.4, -0.2) is 15.4 Å². The average molecular weight is 183 g/mol. The van der Waals surface area contributed by atoms with Crippen molar-refractivity contribution in [2.75, 3.05) is 0 Å². The maximum atomic E-state index is 4.09. The summed E-state index contributed by atoms with van der Waals surface area (Å²) in [5.41, 5.74) is 2.24. The van der Waals surface area contributed by atoms with E-state index in [0.717, 1.165) is 24.2 Å². The van der Waals surface area contributed by atoms with Crippen molar-refractivity contribution in [3.05, 3.63) is 11.4 Å². The molecule has 1 aromatic heterocycles. The summed E-state index contributed by atoms with van der Waals surface area (Å²) in [6.07, 6.45) is 2.00. The Hall–Kier alpha value is -0.860. The summed E-state index contributed by atoms with van der Waals surface area (Å²) in [7, 11) is 0. The molecule has 1 N–H and O–H groups in total. The molecule has 1 heterocycles. The minimum Gasteiger partial charge on any atom is -0.197 e. The molecule has 3 heteroatoms. The second kappa shape index (κ2) is 6.63. The number of rotatable bonds is 3. The first-order valence-electron chi connectivity index (χ1n) is 5.12. The molecule has 0 radical (unpaired) electrons. The highest BCUT2D eigenvalue weighted by atomic mass is 15.3. The van der Waals surface area contributed by atoms with Gasteiger partial charge in [-0.1, -0.05) is 34.6 Å². The van der Waals surface area contributed by atoms with E-state index in [4.69, 9.17) is 0 Å². The van der Waals surface area contributed by atoms with E-state index in [9.17, 15) is 0 Å². The molecule has 0 saturated carbocycles. The monoisotopic (exact) mass is 183 g/mol. The SMILES string of the molecule is CC.CCc1n[nH]nc1CC(C)C. The molecule has 0 aliphatic heterocycles. The van der Waals surface area contributed by atoms with E-state index in [0.29, 0.717) is 5.92 Å². The summed E-state index contributed by atoms with van der Waals surface area (Å²) in [4.78, 5) is 0. The summed E-state index contributed by atoms with van der Waals surface area (Å²) in [6.45, 7) is 10.5. The standard InChI is InChI=1S/C8H15N3.C2H6/c1-4-7-8(5-6(2)3)10-11-9-7;1-2/h6H,4-5H2,1-3H3,(H,9,10,11);1-2H3. The zero-order chi connectivity index (χ0) is 10.3. The first-order valence-corrected chi connectivity index (χ1v) is 5.12. The Kier molecular flexibility index (Phi) is 6.20. The van der Waals surface area contributed by atoms with E-state index in [1.54, 1.807) is 0 Å². The van der Waals surface area contributed by atoms with E-state index in [1.807, 2.05) is 13.8 Å². The third-order valence-corrected chi connectivity index (χ3v) is 1.64. The van der Waals surface area contributed by atoms with Gasteiger partial charge in [0, 0.05) is 0 Å². The van der Waals surface area contributed by atoms with Crippen LogP contribution >= 0.6 is 0 Å². The number of aromatic nitrogens is 3. The van der Waals surface area contributed by atoms with Crippen molar-refractivity contribution >= 4 is 0 Å². The Morgan fingerprint density at radius 3 is 2.15 bits per heavy atom. The Bertz CT molecular complexity index is 216. The number of nitrogens with zero attached hydrogens (tertiary/aromatic N) is 2. The normalized spacial score (nSPS) is 9.69. The van der Waals surface area contributed by atoms with Gasteiger partial charge >= 0.3 is 0 Å². The first kappa shape index (κ1) is 12.1. The molecule has 0 atom stereocenters. The second-order valence-corrected chi connectivity index (χ2v) is 3.17. The smallest absolute Gasteiger partial charge is 0.0859 e. The number of hydrogen-bond acceptors (Lipinski definition) is 2. The molecular formula is C10H21N3. The van der Waals surface area contributed by atoms with E-state index >= 15 is 0 Å². The van der Waals surface area contributed by atoms with Gasteiger partial charge in [0.1, 0.15) is 0 Å². The van der Waals surface area contributed by atoms with Gasteiger partial charge in [0.2, 0.25) is 0 Å². The second-order valence-electron chi connectivity index (χ2n) is 3.17. The molecule has 0 aromatic carbocycles.